The summed E-state index contributed by atoms with van der Waals surface area (Å²) in [4.78, 5) is 11.9. The average Bonchev–Trinajstić information content (AvgIpc) is 2.36. The van der Waals surface area contributed by atoms with Gasteiger partial charge in [-0.1, -0.05) is 13.0 Å². The van der Waals surface area contributed by atoms with Gasteiger partial charge in [0.15, 0.2) is 0 Å². The highest BCUT2D eigenvalue weighted by Crippen LogP contribution is 2.38. The Morgan fingerprint density at radius 2 is 2.10 bits per heavy atom. The van der Waals surface area contributed by atoms with Gasteiger partial charge in [0.2, 0.25) is 0 Å². The van der Waals surface area contributed by atoms with Crippen molar-refractivity contribution in [1.82, 2.24) is 0 Å². The molecule has 0 bridgehead atoms. The fourth-order valence-corrected chi connectivity index (χ4v) is 2.56. The second kappa shape index (κ2) is 5.92. The number of esters is 1. The highest BCUT2D eigenvalue weighted by Gasteiger charge is 2.21. The minimum Gasteiger partial charge on any atom is -0.493 e. The van der Waals surface area contributed by atoms with Crippen LogP contribution in [0.4, 0.5) is 0 Å². The largest absolute Gasteiger partial charge is 0.493 e. The van der Waals surface area contributed by atoms with Crippen LogP contribution in [0.3, 0.4) is 0 Å². The molecule has 3 nitrogen and oxygen atoms in total. The maximum absolute atomic E-state index is 11.9. The van der Waals surface area contributed by atoms with Crippen LogP contribution in [0, 0.1) is 6.92 Å². The molecule has 1 heterocycles. The molecule has 0 fully saturated rings. The molecule has 1 atom stereocenters. The van der Waals surface area contributed by atoms with E-state index in [2.05, 4.69) is 13.8 Å². The number of ether oxygens (including phenoxy) is 2. The summed E-state index contributed by atoms with van der Waals surface area (Å²) in [6, 6.07) is 4.05. The molecule has 1 aliphatic heterocycles. The van der Waals surface area contributed by atoms with Crippen LogP contribution >= 0.6 is 0 Å². The first-order valence-electron chi connectivity index (χ1n) is 7.45. The molecular formula is C18H24O3. The minimum atomic E-state index is -0.469. The summed E-state index contributed by atoms with van der Waals surface area (Å²) in [6.45, 7) is 10.6. The van der Waals surface area contributed by atoms with Crippen molar-refractivity contribution in [2.45, 2.75) is 52.6 Å². The van der Waals surface area contributed by atoms with Crippen molar-refractivity contribution in [2.75, 3.05) is 6.61 Å². The van der Waals surface area contributed by atoms with Crippen molar-refractivity contribution < 1.29 is 14.3 Å². The molecule has 114 valence electrons. The number of carbonyl (C=O) groups excluding carboxylic acids is 1. The molecule has 3 heteroatoms. The molecule has 0 aromatic heterocycles. The second-order valence-electron chi connectivity index (χ2n) is 6.61. The van der Waals surface area contributed by atoms with E-state index in [1.807, 2.05) is 39.0 Å². The Morgan fingerprint density at radius 3 is 2.76 bits per heavy atom. The predicted molar refractivity (Wildman–Crippen MR) is 84.6 cm³/mol. The van der Waals surface area contributed by atoms with Crippen molar-refractivity contribution in [1.29, 1.82) is 0 Å². The van der Waals surface area contributed by atoms with Gasteiger partial charge in [-0.3, -0.25) is 0 Å². The smallest absolute Gasteiger partial charge is 0.331 e. The van der Waals surface area contributed by atoms with Crippen molar-refractivity contribution in [3.63, 3.8) is 0 Å². The van der Waals surface area contributed by atoms with Gasteiger partial charge in [-0.15, -0.1) is 0 Å². The number of benzene rings is 1. The third kappa shape index (κ3) is 3.87. The van der Waals surface area contributed by atoms with Gasteiger partial charge in [-0.2, -0.15) is 0 Å². The molecule has 0 N–H and O–H groups in total. The Bertz CT molecular complexity index is 565. The van der Waals surface area contributed by atoms with Gasteiger partial charge in [0, 0.05) is 11.6 Å². The molecule has 1 aromatic carbocycles. The van der Waals surface area contributed by atoms with E-state index in [1.165, 1.54) is 11.6 Å². The zero-order valence-corrected chi connectivity index (χ0v) is 13.5. The summed E-state index contributed by atoms with van der Waals surface area (Å²) < 4.78 is 11.0. The summed E-state index contributed by atoms with van der Waals surface area (Å²) in [5.74, 6) is 1.05. The van der Waals surface area contributed by atoms with Gasteiger partial charge in [-0.25, -0.2) is 4.79 Å². The predicted octanol–water partition coefficient (Wildman–Crippen LogP) is 4.24. The highest BCUT2D eigenvalue weighted by molar-refractivity contribution is 5.88. The van der Waals surface area contributed by atoms with Crippen LogP contribution in [-0.2, 0) is 9.53 Å². The Hall–Kier alpha value is -1.77. The van der Waals surface area contributed by atoms with E-state index in [0.29, 0.717) is 5.92 Å². The fraction of sp³-hybridized carbons (Fsp3) is 0.500. The normalized spacial score (nSPS) is 18.2. The van der Waals surface area contributed by atoms with E-state index in [4.69, 9.17) is 9.47 Å². The molecule has 0 radical (unpaired) electrons. The van der Waals surface area contributed by atoms with E-state index < -0.39 is 5.60 Å². The van der Waals surface area contributed by atoms with Gasteiger partial charge in [-0.05, 0) is 63.3 Å². The molecule has 0 saturated carbocycles. The van der Waals surface area contributed by atoms with E-state index >= 15 is 0 Å². The van der Waals surface area contributed by atoms with E-state index in [1.54, 1.807) is 0 Å². The Morgan fingerprint density at radius 1 is 1.38 bits per heavy atom. The van der Waals surface area contributed by atoms with Crippen LogP contribution in [0.5, 0.6) is 5.75 Å². The fourth-order valence-electron chi connectivity index (χ4n) is 2.56. The number of rotatable bonds is 2. The quantitative estimate of drug-likeness (QED) is 0.603. The van der Waals surface area contributed by atoms with Crippen LogP contribution in [0.1, 0.15) is 56.7 Å². The zero-order valence-electron chi connectivity index (χ0n) is 13.5. The number of carbonyl (C=O) groups is 1. The lowest BCUT2D eigenvalue weighted by Crippen LogP contribution is -2.22. The SMILES string of the molecule is Cc1ccc2c(c1/C=C/C(=O)OC(C)(C)C)C(C)CCO2. The topological polar surface area (TPSA) is 35.5 Å². The molecule has 1 unspecified atom stereocenters. The van der Waals surface area contributed by atoms with Crippen LogP contribution < -0.4 is 4.74 Å². The van der Waals surface area contributed by atoms with Crippen molar-refractivity contribution in [3.05, 3.63) is 34.9 Å². The third-order valence-corrected chi connectivity index (χ3v) is 3.56. The first-order valence-corrected chi connectivity index (χ1v) is 7.45. The van der Waals surface area contributed by atoms with E-state index in [0.717, 1.165) is 29.9 Å². The van der Waals surface area contributed by atoms with Crippen LogP contribution in [0.15, 0.2) is 18.2 Å². The first kappa shape index (κ1) is 15.6. The summed E-state index contributed by atoms with van der Waals surface area (Å²) in [5, 5.41) is 0. The third-order valence-electron chi connectivity index (χ3n) is 3.56. The van der Waals surface area contributed by atoms with Crippen molar-refractivity contribution >= 4 is 12.0 Å². The zero-order chi connectivity index (χ0) is 15.6. The standard InChI is InChI=1S/C18H24O3/c1-12-6-8-15-17(13(2)10-11-20-15)14(12)7-9-16(19)21-18(3,4)5/h6-9,13H,10-11H2,1-5H3/b9-7+. The summed E-state index contributed by atoms with van der Waals surface area (Å²) in [7, 11) is 0. The summed E-state index contributed by atoms with van der Waals surface area (Å²) >= 11 is 0. The van der Waals surface area contributed by atoms with Gasteiger partial charge < -0.3 is 9.47 Å². The Balaban J connectivity index is 2.30. The maximum Gasteiger partial charge on any atom is 0.331 e. The lowest BCUT2D eigenvalue weighted by Gasteiger charge is -2.26. The second-order valence-corrected chi connectivity index (χ2v) is 6.61. The summed E-state index contributed by atoms with van der Waals surface area (Å²) in [6.07, 6.45) is 4.37. The molecule has 2 rings (SSSR count). The molecule has 1 aromatic rings. The van der Waals surface area contributed by atoms with Crippen LogP contribution in [-0.4, -0.2) is 18.2 Å². The monoisotopic (exact) mass is 288 g/mol. The van der Waals surface area contributed by atoms with Gasteiger partial charge in [0.1, 0.15) is 11.4 Å². The van der Waals surface area contributed by atoms with Gasteiger partial charge >= 0.3 is 5.97 Å². The molecule has 0 saturated heterocycles. The maximum atomic E-state index is 11.9. The van der Waals surface area contributed by atoms with E-state index in [-0.39, 0.29) is 5.97 Å². The van der Waals surface area contributed by atoms with Crippen LogP contribution in [0.2, 0.25) is 0 Å². The first-order chi connectivity index (χ1) is 9.78. The Kier molecular flexibility index (Phi) is 4.40. The van der Waals surface area contributed by atoms with E-state index in [9.17, 15) is 4.79 Å². The minimum absolute atomic E-state index is 0.316. The van der Waals surface area contributed by atoms with Gasteiger partial charge in [0.05, 0.1) is 6.61 Å². The Labute approximate surface area is 127 Å². The lowest BCUT2D eigenvalue weighted by molar-refractivity contribution is -0.148. The average molecular weight is 288 g/mol. The molecular weight excluding hydrogens is 264 g/mol. The van der Waals surface area contributed by atoms with Gasteiger partial charge in [0.25, 0.3) is 0 Å². The van der Waals surface area contributed by atoms with Crippen LogP contribution in [0.25, 0.3) is 6.08 Å². The molecule has 0 spiro atoms. The number of hydrogen-bond donors (Lipinski definition) is 0. The molecule has 0 amide bonds. The number of aryl methyl sites for hydroxylation is 1. The van der Waals surface area contributed by atoms with Crippen molar-refractivity contribution in [2.24, 2.45) is 0 Å². The highest BCUT2D eigenvalue weighted by atomic mass is 16.6. The molecule has 1 aliphatic rings. The molecule has 0 aliphatic carbocycles. The number of hydrogen-bond acceptors (Lipinski definition) is 3. The summed E-state index contributed by atoms with van der Waals surface area (Å²) in [5.41, 5.74) is 2.95. The number of fused-ring (bicyclic) bond motifs is 1. The lowest BCUT2D eigenvalue weighted by atomic mass is 9.88. The van der Waals surface area contributed by atoms with Crippen molar-refractivity contribution in [3.8, 4) is 5.75 Å². The molecule has 21 heavy (non-hydrogen) atoms.